The average Bonchev–Trinajstić information content (AvgIpc) is 3.49. The first-order chi connectivity index (χ1) is 15.0. The molecule has 0 spiro atoms. The van der Waals surface area contributed by atoms with Crippen molar-refractivity contribution in [3.8, 4) is 0 Å². The number of fused-ring (bicyclic) bond motifs is 1. The number of amidine groups is 1. The first-order valence-corrected chi connectivity index (χ1v) is 11.6. The van der Waals surface area contributed by atoms with Gasteiger partial charge in [0.2, 0.25) is 5.91 Å². The van der Waals surface area contributed by atoms with E-state index in [1.165, 1.54) is 18.6 Å². The number of rotatable bonds is 4. The van der Waals surface area contributed by atoms with E-state index in [2.05, 4.69) is 9.71 Å². The number of carbonyl (C=O) groups excluding carboxylic acids is 1. The fourth-order valence-electron chi connectivity index (χ4n) is 4.15. The normalized spacial score (nSPS) is 17.8. The zero-order chi connectivity index (χ0) is 21.4. The topological polar surface area (TPSA) is 92.0 Å². The molecule has 158 valence electrons. The third kappa shape index (κ3) is 3.63. The molecule has 2 aromatic carbocycles. The highest BCUT2D eigenvalue weighted by molar-refractivity contribution is 7.90. The number of anilines is 3. The van der Waals surface area contributed by atoms with Crippen molar-refractivity contribution in [2.24, 2.45) is 10.3 Å². The zero-order valence-corrected chi connectivity index (χ0v) is 17.5. The maximum Gasteiger partial charge on any atom is 0.286 e. The third-order valence-electron chi connectivity index (χ3n) is 5.68. The second-order valence-electron chi connectivity index (χ2n) is 7.73. The van der Waals surface area contributed by atoms with Crippen LogP contribution in [0.3, 0.4) is 0 Å². The number of hydrogen-bond donors (Lipinski definition) is 1. The van der Waals surface area contributed by atoms with Gasteiger partial charge in [-0.05, 0) is 49.2 Å². The lowest BCUT2D eigenvalue weighted by Gasteiger charge is -2.30. The molecular formula is C23H21N3O4S. The van der Waals surface area contributed by atoms with Crippen molar-refractivity contribution in [2.45, 2.75) is 30.6 Å². The lowest BCUT2D eigenvalue weighted by molar-refractivity contribution is -0.119. The Balaban J connectivity index is 1.59. The first-order valence-electron chi connectivity index (χ1n) is 10.2. The molecule has 0 atom stereocenters. The summed E-state index contributed by atoms with van der Waals surface area (Å²) < 4.78 is 35.4. The molecule has 1 amide bonds. The molecule has 2 heterocycles. The monoisotopic (exact) mass is 435 g/mol. The van der Waals surface area contributed by atoms with Crippen LogP contribution < -0.4 is 10.2 Å². The van der Waals surface area contributed by atoms with E-state index >= 15 is 0 Å². The number of nitrogens with zero attached hydrogens (tertiary/aromatic N) is 2. The van der Waals surface area contributed by atoms with Gasteiger partial charge in [0.1, 0.15) is 11.2 Å². The Morgan fingerprint density at radius 1 is 1.06 bits per heavy atom. The Morgan fingerprint density at radius 3 is 2.55 bits per heavy atom. The van der Waals surface area contributed by atoms with E-state index in [-0.39, 0.29) is 22.6 Å². The van der Waals surface area contributed by atoms with Crippen LogP contribution >= 0.6 is 0 Å². The van der Waals surface area contributed by atoms with Crippen molar-refractivity contribution in [3.05, 3.63) is 72.7 Å². The smallest absolute Gasteiger partial charge is 0.286 e. The van der Waals surface area contributed by atoms with E-state index in [1.54, 1.807) is 23.1 Å². The summed E-state index contributed by atoms with van der Waals surface area (Å²) in [5, 5.41) is 2.88. The van der Waals surface area contributed by atoms with Gasteiger partial charge in [-0.2, -0.15) is 8.42 Å². The first kappa shape index (κ1) is 19.6. The minimum atomic E-state index is -3.98. The van der Waals surface area contributed by atoms with Crippen molar-refractivity contribution in [2.75, 3.05) is 10.2 Å². The number of para-hydroxylation sites is 1. The fourth-order valence-corrected chi connectivity index (χ4v) is 5.36. The van der Waals surface area contributed by atoms with Crippen LogP contribution in [0.15, 0.2) is 80.8 Å². The average molecular weight is 436 g/mol. The standard InChI is InChI=1S/C23H21N3O4S/c27-23(16-6-4-5-7-16)24-18-10-11-20-21(14-18)31(28,29)25-22(17-12-13-30-15-17)26(20)19-8-2-1-3-9-19/h1-3,8-16H,4-7H2,(H,24,27). The second kappa shape index (κ2) is 7.70. The van der Waals surface area contributed by atoms with Gasteiger partial charge in [-0.15, -0.1) is 4.40 Å². The summed E-state index contributed by atoms with van der Waals surface area (Å²) >= 11 is 0. The number of amides is 1. The molecule has 0 radical (unpaired) electrons. The number of carbonyl (C=O) groups is 1. The molecule has 0 saturated heterocycles. The van der Waals surface area contributed by atoms with Crippen LogP contribution in [0, 0.1) is 5.92 Å². The predicted molar refractivity (Wildman–Crippen MR) is 118 cm³/mol. The number of benzene rings is 2. The number of hydrogen-bond acceptors (Lipinski definition) is 5. The molecule has 3 aromatic rings. The number of sulfonamides is 1. The molecule has 2 aliphatic rings. The Hall–Kier alpha value is -3.39. The van der Waals surface area contributed by atoms with Crippen molar-refractivity contribution >= 4 is 38.8 Å². The molecular weight excluding hydrogens is 414 g/mol. The fraction of sp³-hybridized carbons (Fsp3) is 0.217. The molecule has 0 unspecified atom stereocenters. The molecule has 8 heteroatoms. The minimum Gasteiger partial charge on any atom is -0.472 e. The quantitative estimate of drug-likeness (QED) is 0.642. The summed E-state index contributed by atoms with van der Waals surface area (Å²) in [5.41, 5.74) is 2.24. The van der Waals surface area contributed by atoms with Crippen LogP contribution in [0.1, 0.15) is 31.2 Å². The third-order valence-corrected chi connectivity index (χ3v) is 6.98. The molecule has 1 fully saturated rings. The minimum absolute atomic E-state index is 0.0147. The second-order valence-corrected chi connectivity index (χ2v) is 9.30. The Bertz CT molecular complexity index is 1250. The maximum atomic E-state index is 13.1. The molecule has 1 aliphatic carbocycles. The molecule has 7 nitrogen and oxygen atoms in total. The highest BCUT2D eigenvalue weighted by atomic mass is 32.2. The summed E-state index contributed by atoms with van der Waals surface area (Å²) in [6, 6.07) is 16.0. The summed E-state index contributed by atoms with van der Waals surface area (Å²) in [5.74, 6) is 0.183. The van der Waals surface area contributed by atoms with Gasteiger partial charge in [-0.3, -0.25) is 9.69 Å². The van der Waals surface area contributed by atoms with E-state index in [0.717, 1.165) is 31.4 Å². The van der Waals surface area contributed by atoms with Crippen LogP contribution in [0.25, 0.3) is 0 Å². The van der Waals surface area contributed by atoms with E-state index in [0.29, 0.717) is 16.9 Å². The summed E-state index contributed by atoms with van der Waals surface area (Å²) in [7, 11) is -3.98. The summed E-state index contributed by atoms with van der Waals surface area (Å²) in [4.78, 5) is 14.4. The Labute approximate surface area is 180 Å². The van der Waals surface area contributed by atoms with Crippen LogP contribution in [-0.2, 0) is 14.8 Å². The molecule has 5 rings (SSSR count). The van der Waals surface area contributed by atoms with Crippen LogP contribution in [0.5, 0.6) is 0 Å². The van der Waals surface area contributed by atoms with Gasteiger partial charge in [0, 0.05) is 17.3 Å². The van der Waals surface area contributed by atoms with Gasteiger partial charge >= 0.3 is 0 Å². The highest BCUT2D eigenvalue weighted by Gasteiger charge is 2.33. The van der Waals surface area contributed by atoms with Crippen LogP contribution in [0.2, 0.25) is 0 Å². The number of furan rings is 1. The van der Waals surface area contributed by atoms with Gasteiger partial charge in [0.05, 0.1) is 17.5 Å². The van der Waals surface area contributed by atoms with Crippen LogP contribution in [0.4, 0.5) is 17.1 Å². The summed E-state index contributed by atoms with van der Waals surface area (Å²) in [6.45, 7) is 0. The van der Waals surface area contributed by atoms with Gasteiger partial charge in [0.15, 0.2) is 5.84 Å². The van der Waals surface area contributed by atoms with Crippen LogP contribution in [-0.4, -0.2) is 20.2 Å². The molecule has 1 aromatic heterocycles. The molecule has 0 bridgehead atoms. The molecule has 1 N–H and O–H groups in total. The largest absolute Gasteiger partial charge is 0.472 e. The van der Waals surface area contributed by atoms with Gasteiger partial charge in [0.25, 0.3) is 10.0 Å². The van der Waals surface area contributed by atoms with Gasteiger partial charge < -0.3 is 9.73 Å². The maximum absolute atomic E-state index is 13.1. The van der Waals surface area contributed by atoms with Gasteiger partial charge in [-0.25, -0.2) is 0 Å². The summed E-state index contributed by atoms with van der Waals surface area (Å²) in [6.07, 6.45) is 6.78. The Kier molecular flexibility index (Phi) is 4.86. The molecule has 31 heavy (non-hydrogen) atoms. The van der Waals surface area contributed by atoms with E-state index in [1.807, 2.05) is 30.3 Å². The van der Waals surface area contributed by atoms with E-state index in [4.69, 9.17) is 4.42 Å². The van der Waals surface area contributed by atoms with Crippen molar-refractivity contribution in [1.29, 1.82) is 0 Å². The van der Waals surface area contributed by atoms with E-state index in [9.17, 15) is 13.2 Å². The predicted octanol–water partition coefficient (Wildman–Crippen LogP) is 4.70. The Morgan fingerprint density at radius 2 is 1.84 bits per heavy atom. The van der Waals surface area contributed by atoms with Gasteiger partial charge in [-0.1, -0.05) is 31.0 Å². The van der Waals surface area contributed by atoms with Crippen molar-refractivity contribution in [1.82, 2.24) is 0 Å². The molecule has 1 aliphatic heterocycles. The lowest BCUT2D eigenvalue weighted by atomic mass is 10.1. The van der Waals surface area contributed by atoms with E-state index < -0.39 is 10.0 Å². The zero-order valence-electron chi connectivity index (χ0n) is 16.7. The SMILES string of the molecule is O=C(Nc1ccc2c(c1)S(=O)(=O)N=C(c1ccoc1)N2c1ccccc1)C1CCCC1. The van der Waals surface area contributed by atoms with Crippen molar-refractivity contribution < 1.29 is 17.6 Å². The van der Waals surface area contributed by atoms with Crippen molar-refractivity contribution in [3.63, 3.8) is 0 Å². The lowest BCUT2D eigenvalue weighted by Crippen LogP contribution is -2.32. The number of nitrogens with one attached hydrogen (secondary N) is 1. The molecule has 1 saturated carbocycles. The highest BCUT2D eigenvalue weighted by Crippen LogP contribution is 2.39.